The summed E-state index contributed by atoms with van der Waals surface area (Å²) in [6.07, 6.45) is 7.60. The van der Waals surface area contributed by atoms with Gasteiger partial charge in [-0.1, -0.05) is 19.8 Å². The predicted molar refractivity (Wildman–Crippen MR) is 67.9 cm³/mol. The Morgan fingerprint density at radius 3 is 3.00 bits per heavy atom. The molecule has 0 saturated heterocycles. The van der Waals surface area contributed by atoms with Crippen LogP contribution >= 0.6 is 0 Å². The van der Waals surface area contributed by atoms with Crippen molar-refractivity contribution < 1.29 is 0 Å². The van der Waals surface area contributed by atoms with E-state index in [1.807, 2.05) is 0 Å². The average molecular weight is 221 g/mol. The number of nitrogens with zero attached hydrogens (tertiary/aromatic N) is 2. The van der Waals surface area contributed by atoms with Crippen LogP contribution in [0.3, 0.4) is 0 Å². The molecule has 0 radical (unpaired) electrons. The summed E-state index contributed by atoms with van der Waals surface area (Å²) < 4.78 is 2.38. The number of imidazole rings is 1. The normalized spacial score (nSPS) is 14.9. The van der Waals surface area contributed by atoms with Gasteiger partial charge < -0.3 is 9.88 Å². The lowest BCUT2D eigenvalue weighted by Crippen LogP contribution is -2.14. The van der Waals surface area contributed by atoms with E-state index in [2.05, 4.69) is 28.7 Å². The van der Waals surface area contributed by atoms with Gasteiger partial charge in [-0.15, -0.1) is 0 Å². The SMILES string of the molecule is CCCCCNc1c(C)nc2n1CCCC2. The number of aromatic nitrogens is 2. The van der Waals surface area contributed by atoms with Crippen LogP contribution in [-0.4, -0.2) is 16.1 Å². The summed E-state index contributed by atoms with van der Waals surface area (Å²) in [6, 6.07) is 0. The van der Waals surface area contributed by atoms with Gasteiger partial charge in [0.05, 0.1) is 5.69 Å². The molecule has 1 aliphatic heterocycles. The molecular weight excluding hydrogens is 198 g/mol. The molecule has 2 rings (SSSR count). The number of fused-ring (bicyclic) bond motifs is 1. The second-order valence-electron chi connectivity index (χ2n) is 4.70. The van der Waals surface area contributed by atoms with E-state index in [1.165, 1.54) is 49.4 Å². The standard InChI is InChI=1S/C13H23N3/c1-3-4-6-9-14-13-11(2)15-12-8-5-7-10-16(12)13/h14H,3-10H2,1-2H3. The lowest BCUT2D eigenvalue weighted by atomic mass is 10.2. The van der Waals surface area contributed by atoms with E-state index < -0.39 is 0 Å². The molecule has 90 valence electrons. The van der Waals surface area contributed by atoms with Crippen molar-refractivity contribution in [2.75, 3.05) is 11.9 Å². The van der Waals surface area contributed by atoms with Crippen molar-refractivity contribution in [1.82, 2.24) is 9.55 Å². The summed E-state index contributed by atoms with van der Waals surface area (Å²) in [6.45, 7) is 6.59. The maximum atomic E-state index is 4.65. The van der Waals surface area contributed by atoms with Gasteiger partial charge in [-0.2, -0.15) is 0 Å². The van der Waals surface area contributed by atoms with Crippen LogP contribution in [0.4, 0.5) is 5.82 Å². The highest BCUT2D eigenvalue weighted by molar-refractivity contribution is 5.43. The molecule has 0 saturated carbocycles. The minimum absolute atomic E-state index is 1.08. The Kier molecular flexibility index (Phi) is 3.86. The molecule has 16 heavy (non-hydrogen) atoms. The molecule has 1 aliphatic rings. The summed E-state index contributed by atoms with van der Waals surface area (Å²) in [5.41, 5.74) is 1.17. The number of hydrogen-bond donors (Lipinski definition) is 1. The van der Waals surface area contributed by atoms with Crippen LogP contribution in [0.15, 0.2) is 0 Å². The van der Waals surface area contributed by atoms with E-state index in [9.17, 15) is 0 Å². The lowest BCUT2D eigenvalue weighted by molar-refractivity contribution is 0.525. The maximum absolute atomic E-state index is 4.65. The zero-order valence-corrected chi connectivity index (χ0v) is 10.6. The van der Waals surface area contributed by atoms with Crippen molar-refractivity contribution >= 4 is 5.82 Å². The van der Waals surface area contributed by atoms with Gasteiger partial charge in [0.25, 0.3) is 0 Å². The van der Waals surface area contributed by atoms with Crippen molar-refractivity contribution in [2.45, 2.75) is 58.9 Å². The molecule has 0 unspecified atom stereocenters. The third-order valence-corrected chi connectivity index (χ3v) is 3.33. The van der Waals surface area contributed by atoms with Crippen LogP contribution in [0.1, 0.15) is 50.5 Å². The molecule has 0 aliphatic carbocycles. The van der Waals surface area contributed by atoms with Crippen LogP contribution < -0.4 is 5.32 Å². The van der Waals surface area contributed by atoms with Gasteiger partial charge in [-0.05, 0) is 26.2 Å². The number of hydrogen-bond acceptors (Lipinski definition) is 2. The van der Waals surface area contributed by atoms with E-state index in [0.29, 0.717) is 0 Å². The van der Waals surface area contributed by atoms with Gasteiger partial charge in [-0.3, -0.25) is 0 Å². The molecule has 0 bridgehead atoms. The van der Waals surface area contributed by atoms with Crippen LogP contribution in [0.5, 0.6) is 0 Å². The number of unbranched alkanes of at least 4 members (excludes halogenated alkanes) is 2. The van der Waals surface area contributed by atoms with Gasteiger partial charge >= 0.3 is 0 Å². The highest BCUT2D eigenvalue weighted by atomic mass is 15.2. The second kappa shape index (κ2) is 5.37. The summed E-state index contributed by atoms with van der Waals surface area (Å²) >= 11 is 0. The van der Waals surface area contributed by atoms with Crippen LogP contribution in [0.2, 0.25) is 0 Å². The van der Waals surface area contributed by atoms with Crippen LogP contribution in [0.25, 0.3) is 0 Å². The quantitative estimate of drug-likeness (QED) is 0.774. The maximum Gasteiger partial charge on any atom is 0.129 e. The summed E-state index contributed by atoms with van der Waals surface area (Å²) in [4.78, 5) is 4.65. The summed E-state index contributed by atoms with van der Waals surface area (Å²) in [7, 11) is 0. The summed E-state index contributed by atoms with van der Waals surface area (Å²) in [5.74, 6) is 2.55. The fourth-order valence-electron chi connectivity index (χ4n) is 2.42. The smallest absolute Gasteiger partial charge is 0.129 e. The molecule has 0 atom stereocenters. The van der Waals surface area contributed by atoms with Crippen molar-refractivity contribution in [1.29, 1.82) is 0 Å². The van der Waals surface area contributed by atoms with Crippen molar-refractivity contribution in [3.8, 4) is 0 Å². The van der Waals surface area contributed by atoms with E-state index in [-0.39, 0.29) is 0 Å². The van der Waals surface area contributed by atoms with Gasteiger partial charge in [0, 0.05) is 19.5 Å². The Labute approximate surface area is 98.3 Å². The Balaban J connectivity index is 1.99. The van der Waals surface area contributed by atoms with Crippen LogP contribution in [-0.2, 0) is 13.0 Å². The third-order valence-electron chi connectivity index (χ3n) is 3.33. The molecule has 3 heteroatoms. The van der Waals surface area contributed by atoms with Crippen LogP contribution in [0, 0.1) is 6.92 Å². The second-order valence-corrected chi connectivity index (χ2v) is 4.70. The minimum atomic E-state index is 1.08. The first-order valence-electron chi connectivity index (χ1n) is 6.62. The third kappa shape index (κ3) is 2.39. The number of aryl methyl sites for hydroxylation is 2. The number of anilines is 1. The highest BCUT2D eigenvalue weighted by Gasteiger charge is 2.16. The van der Waals surface area contributed by atoms with Crippen molar-refractivity contribution in [3.05, 3.63) is 11.5 Å². The topological polar surface area (TPSA) is 29.9 Å². The molecule has 0 spiro atoms. The molecule has 0 amide bonds. The highest BCUT2D eigenvalue weighted by Crippen LogP contribution is 2.23. The fourth-order valence-corrected chi connectivity index (χ4v) is 2.42. The molecule has 1 N–H and O–H groups in total. The summed E-state index contributed by atoms with van der Waals surface area (Å²) in [5, 5.41) is 3.56. The van der Waals surface area contributed by atoms with Gasteiger partial charge in [0.1, 0.15) is 11.6 Å². The zero-order chi connectivity index (χ0) is 11.4. The number of rotatable bonds is 5. The predicted octanol–water partition coefficient (Wildman–Crippen LogP) is 3.13. The first kappa shape index (κ1) is 11.5. The first-order chi connectivity index (χ1) is 7.83. The molecule has 0 fully saturated rings. The minimum Gasteiger partial charge on any atom is -0.370 e. The van der Waals surface area contributed by atoms with Crippen molar-refractivity contribution in [2.24, 2.45) is 0 Å². The van der Waals surface area contributed by atoms with Gasteiger partial charge in [0.2, 0.25) is 0 Å². The largest absolute Gasteiger partial charge is 0.370 e. The Morgan fingerprint density at radius 2 is 2.19 bits per heavy atom. The van der Waals surface area contributed by atoms with E-state index in [1.54, 1.807) is 0 Å². The molecule has 2 heterocycles. The fraction of sp³-hybridized carbons (Fsp3) is 0.769. The lowest BCUT2D eigenvalue weighted by Gasteiger charge is -2.17. The first-order valence-corrected chi connectivity index (χ1v) is 6.62. The molecule has 1 aromatic heterocycles. The van der Waals surface area contributed by atoms with Gasteiger partial charge in [-0.25, -0.2) is 4.98 Å². The average Bonchev–Trinajstić information content (AvgIpc) is 2.61. The molecule has 3 nitrogen and oxygen atoms in total. The molecule has 1 aromatic rings. The number of nitrogens with one attached hydrogen (secondary N) is 1. The molecular formula is C13H23N3. The Hall–Kier alpha value is -0.990. The zero-order valence-electron chi connectivity index (χ0n) is 10.6. The van der Waals surface area contributed by atoms with E-state index in [4.69, 9.17) is 0 Å². The monoisotopic (exact) mass is 221 g/mol. The van der Waals surface area contributed by atoms with Gasteiger partial charge in [0.15, 0.2) is 0 Å². The molecule has 0 aromatic carbocycles. The Morgan fingerprint density at radius 1 is 1.31 bits per heavy atom. The Bertz CT molecular complexity index is 341. The van der Waals surface area contributed by atoms with E-state index >= 15 is 0 Å². The van der Waals surface area contributed by atoms with E-state index in [0.717, 1.165) is 19.5 Å². The van der Waals surface area contributed by atoms with Crippen molar-refractivity contribution in [3.63, 3.8) is 0 Å².